The molecule has 0 aliphatic heterocycles. The van der Waals surface area contributed by atoms with Crippen molar-refractivity contribution in [3.05, 3.63) is 53.4 Å². The van der Waals surface area contributed by atoms with Gasteiger partial charge in [0.1, 0.15) is 0 Å². The predicted octanol–water partition coefficient (Wildman–Crippen LogP) is 4.28. The number of hydrogen-bond acceptors (Lipinski definition) is 4. The number of carbonyl (C=O) groups excluding carboxylic acids is 2. The monoisotopic (exact) mass is 357 g/mol. The van der Waals surface area contributed by atoms with Crippen LogP contribution in [0.3, 0.4) is 0 Å². The van der Waals surface area contributed by atoms with E-state index < -0.39 is 5.97 Å². The van der Waals surface area contributed by atoms with Crippen LogP contribution >= 0.6 is 11.3 Å². The van der Waals surface area contributed by atoms with E-state index in [4.69, 9.17) is 4.74 Å². The zero-order valence-corrected chi connectivity index (χ0v) is 15.3. The minimum Gasteiger partial charge on any atom is -0.452 e. The van der Waals surface area contributed by atoms with Gasteiger partial charge in [-0.2, -0.15) is 0 Å². The SMILES string of the molecule is CCC[C@@H](C)NC(=O)COC(=O)/C=C/c1ccc(-c2ccccc2)s1. The highest BCUT2D eigenvalue weighted by atomic mass is 32.1. The van der Waals surface area contributed by atoms with Crippen LogP contribution < -0.4 is 5.32 Å². The maximum Gasteiger partial charge on any atom is 0.331 e. The number of hydrogen-bond donors (Lipinski definition) is 1. The lowest BCUT2D eigenvalue weighted by atomic mass is 10.2. The molecule has 132 valence electrons. The van der Waals surface area contributed by atoms with Crippen molar-refractivity contribution in [1.82, 2.24) is 5.32 Å². The van der Waals surface area contributed by atoms with Crippen LogP contribution in [0.5, 0.6) is 0 Å². The first kappa shape index (κ1) is 18.9. The molecule has 2 rings (SSSR count). The number of rotatable bonds is 8. The highest BCUT2D eigenvalue weighted by Crippen LogP contribution is 2.28. The molecule has 4 nitrogen and oxygen atoms in total. The topological polar surface area (TPSA) is 55.4 Å². The third-order valence-corrected chi connectivity index (χ3v) is 4.64. The van der Waals surface area contributed by atoms with Crippen LogP contribution in [0.15, 0.2) is 48.5 Å². The van der Waals surface area contributed by atoms with Crippen molar-refractivity contribution in [2.24, 2.45) is 0 Å². The Morgan fingerprint density at radius 2 is 1.96 bits per heavy atom. The van der Waals surface area contributed by atoms with E-state index in [2.05, 4.69) is 12.2 Å². The maximum atomic E-state index is 11.7. The Labute approximate surface area is 152 Å². The van der Waals surface area contributed by atoms with Crippen LogP contribution in [-0.4, -0.2) is 24.5 Å². The molecule has 0 saturated heterocycles. The Morgan fingerprint density at radius 3 is 2.68 bits per heavy atom. The molecule has 5 heteroatoms. The zero-order valence-electron chi connectivity index (χ0n) is 14.5. The lowest BCUT2D eigenvalue weighted by molar-refractivity contribution is -0.144. The molecule has 0 aliphatic carbocycles. The molecule has 0 bridgehead atoms. The van der Waals surface area contributed by atoms with Gasteiger partial charge in [0.2, 0.25) is 0 Å². The summed E-state index contributed by atoms with van der Waals surface area (Å²) in [7, 11) is 0. The maximum absolute atomic E-state index is 11.7. The molecule has 0 radical (unpaired) electrons. The van der Waals surface area contributed by atoms with Crippen molar-refractivity contribution in [3.63, 3.8) is 0 Å². The molecule has 1 aromatic carbocycles. The molecule has 1 aromatic heterocycles. The van der Waals surface area contributed by atoms with Crippen molar-refractivity contribution in [1.29, 1.82) is 0 Å². The number of nitrogens with one attached hydrogen (secondary N) is 1. The van der Waals surface area contributed by atoms with Gasteiger partial charge in [0.25, 0.3) is 5.91 Å². The Hall–Kier alpha value is -2.40. The number of ether oxygens (including phenoxy) is 1. The van der Waals surface area contributed by atoms with Crippen LogP contribution in [0.4, 0.5) is 0 Å². The summed E-state index contributed by atoms with van der Waals surface area (Å²) in [6.07, 6.45) is 4.96. The molecule has 0 spiro atoms. The second kappa shape index (κ2) is 9.79. The standard InChI is InChI=1S/C20H23NO3S/c1-3-7-15(2)21-19(22)14-24-20(23)13-11-17-10-12-18(25-17)16-8-5-4-6-9-16/h4-6,8-13,15H,3,7,14H2,1-2H3,(H,21,22)/b13-11+/t15-/m1/s1. The molecule has 25 heavy (non-hydrogen) atoms. The molecule has 0 fully saturated rings. The Balaban J connectivity index is 1.81. The van der Waals surface area contributed by atoms with Crippen molar-refractivity contribution in [2.75, 3.05) is 6.61 Å². The summed E-state index contributed by atoms with van der Waals surface area (Å²) in [6.45, 7) is 3.74. The molecule has 1 N–H and O–H groups in total. The van der Waals surface area contributed by atoms with Crippen LogP contribution in [0.1, 0.15) is 31.6 Å². The first-order valence-electron chi connectivity index (χ1n) is 8.38. The average molecular weight is 357 g/mol. The molecule has 1 heterocycles. The minimum absolute atomic E-state index is 0.0919. The Morgan fingerprint density at radius 1 is 1.20 bits per heavy atom. The summed E-state index contributed by atoms with van der Waals surface area (Å²) in [6, 6.07) is 14.1. The number of thiophene rings is 1. The molecule has 1 amide bonds. The fraction of sp³-hybridized carbons (Fsp3) is 0.300. The van der Waals surface area contributed by atoms with Crippen molar-refractivity contribution in [2.45, 2.75) is 32.7 Å². The smallest absolute Gasteiger partial charge is 0.331 e. The first-order valence-corrected chi connectivity index (χ1v) is 9.19. The van der Waals surface area contributed by atoms with E-state index in [0.717, 1.165) is 28.2 Å². The summed E-state index contributed by atoms with van der Waals surface area (Å²) in [5.74, 6) is -0.793. The van der Waals surface area contributed by atoms with E-state index >= 15 is 0 Å². The lowest BCUT2D eigenvalue weighted by Crippen LogP contribution is -2.35. The molecule has 0 unspecified atom stereocenters. The molecule has 0 saturated carbocycles. The molecule has 2 aromatic rings. The van der Waals surface area contributed by atoms with Crippen LogP contribution in [0.25, 0.3) is 16.5 Å². The summed E-state index contributed by atoms with van der Waals surface area (Å²) in [5.41, 5.74) is 1.15. The van der Waals surface area contributed by atoms with E-state index in [0.29, 0.717) is 0 Å². The van der Waals surface area contributed by atoms with Gasteiger partial charge in [0, 0.05) is 21.9 Å². The van der Waals surface area contributed by atoms with Gasteiger partial charge >= 0.3 is 5.97 Å². The average Bonchev–Trinajstić information content (AvgIpc) is 3.08. The number of carbonyl (C=O) groups is 2. The largest absolute Gasteiger partial charge is 0.452 e. The summed E-state index contributed by atoms with van der Waals surface area (Å²) >= 11 is 1.59. The van der Waals surface area contributed by atoms with E-state index in [9.17, 15) is 9.59 Å². The molecular formula is C20H23NO3S. The molecule has 1 atom stereocenters. The van der Waals surface area contributed by atoms with Crippen LogP contribution in [0.2, 0.25) is 0 Å². The summed E-state index contributed by atoms with van der Waals surface area (Å²) in [4.78, 5) is 25.5. The summed E-state index contributed by atoms with van der Waals surface area (Å²) in [5, 5.41) is 2.79. The van der Waals surface area contributed by atoms with E-state index in [1.165, 1.54) is 6.08 Å². The quantitative estimate of drug-likeness (QED) is 0.567. The highest BCUT2D eigenvalue weighted by molar-refractivity contribution is 7.16. The molecular weight excluding hydrogens is 334 g/mol. The number of benzene rings is 1. The van der Waals surface area contributed by atoms with Gasteiger partial charge in [-0.1, -0.05) is 43.7 Å². The zero-order chi connectivity index (χ0) is 18.1. The molecule has 0 aliphatic rings. The second-order valence-electron chi connectivity index (χ2n) is 5.77. The van der Waals surface area contributed by atoms with Crippen LogP contribution in [-0.2, 0) is 14.3 Å². The van der Waals surface area contributed by atoms with Gasteiger partial charge in [0.05, 0.1) is 0 Å². The normalized spacial score (nSPS) is 12.1. The van der Waals surface area contributed by atoms with E-state index in [1.807, 2.05) is 49.4 Å². The Kier molecular flexibility index (Phi) is 7.41. The Bertz CT molecular complexity index is 722. The fourth-order valence-corrected chi connectivity index (χ4v) is 3.27. The predicted molar refractivity (Wildman–Crippen MR) is 102 cm³/mol. The van der Waals surface area contributed by atoms with Crippen LogP contribution in [0, 0.1) is 0 Å². The second-order valence-corrected chi connectivity index (χ2v) is 6.88. The van der Waals surface area contributed by atoms with Gasteiger partial charge in [-0.15, -0.1) is 11.3 Å². The third kappa shape index (κ3) is 6.55. The summed E-state index contributed by atoms with van der Waals surface area (Å²) < 4.78 is 4.96. The third-order valence-electron chi connectivity index (χ3n) is 3.54. The van der Waals surface area contributed by atoms with Gasteiger partial charge in [-0.3, -0.25) is 4.79 Å². The van der Waals surface area contributed by atoms with Crippen molar-refractivity contribution >= 4 is 29.3 Å². The van der Waals surface area contributed by atoms with Crippen molar-refractivity contribution < 1.29 is 14.3 Å². The highest BCUT2D eigenvalue weighted by Gasteiger charge is 2.08. The van der Waals surface area contributed by atoms with Gasteiger partial charge < -0.3 is 10.1 Å². The fourth-order valence-electron chi connectivity index (χ4n) is 2.36. The lowest BCUT2D eigenvalue weighted by Gasteiger charge is -2.12. The van der Waals surface area contributed by atoms with E-state index in [1.54, 1.807) is 17.4 Å². The van der Waals surface area contributed by atoms with Crippen molar-refractivity contribution in [3.8, 4) is 10.4 Å². The van der Waals surface area contributed by atoms with Gasteiger partial charge in [0.15, 0.2) is 6.61 Å². The number of esters is 1. The van der Waals surface area contributed by atoms with E-state index in [-0.39, 0.29) is 18.6 Å². The minimum atomic E-state index is -0.520. The van der Waals surface area contributed by atoms with Gasteiger partial charge in [-0.25, -0.2) is 4.79 Å². The number of amides is 1. The first-order chi connectivity index (χ1) is 12.1. The van der Waals surface area contributed by atoms with Gasteiger partial charge in [-0.05, 0) is 37.1 Å².